The molecular formula is C10H14N4O2S. The van der Waals surface area contributed by atoms with Crippen molar-refractivity contribution in [2.45, 2.75) is 33.4 Å². The number of hydrogen-bond donors (Lipinski definition) is 2. The van der Waals surface area contributed by atoms with E-state index in [1.54, 1.807) is 4.57 Å². The number of nitrogens with zero attached hydrogens (tertiary/aromatic N) is 3. The van der Waals surface area contributed by atoms with Gasteiger partial charge in [-0.2, -0.15) is 5.10 Å². The Kier molecular flexibility index (Phi) is 3.12. The van der Waals surface area contributed by atoms with E-state index in [-0.39, 0.29) is 12.6 Å². The maximum atomic E-state index is 9.23. The highest BCUT2D eigenvalue weighted by molar-refractivity contribution is 7.71. The second-order valence-electron chi connectivity index (χ2n) is 3.89. The number of nitrogens with one attached hydrogen (secondary N) is 1. The van der Waals surface area contributed by atoms with E-state index in [0.29, 0.717) is 10.6 Å². The van der Waals surface area contributed by atoms with Crippen LogP contribution in [0.3, 0.4) is 0 Å². The summed E-state index contributed by atoms with van der Waals surface area (Å²) in [6, 6.07) is -0.0744. The van der Waals surface area contributed by atoms with Crippen molar-refractivity contribution in [3.05, 3.63) is 27.6 Å². The molecule has 0 aromatic carbocycles. The van der Waals surface area contributed by atoms with Gasteiger partial charge in [0, 0.05) is 5.56 Å². The van der Waals surface area contributed by atoms with Crippen LogP contribution in [-0.2, 0) is 6.61 Å². The van der Waals surface area contributed by atoms with Crippen molar-refractivity contribution in [3.63, 3.8) is 0 Å². The number of aromatic nitrogens is 4. The number of hydrogen-bond acceptors (Lipinski definition) is 5. The molecule has 2 N–H and O–H groups in total. The van der Waals surface area contributed by atoms with Crippen molar-refractivity contribution in [1.82, 2.24) is 19.9 Å². The van der Waals surface area contributed by atoms with Crippen LogP contribution in [0, 0.1) is 18.6 Å². The minimum absolute atomic E-state index is 0.0744. The van der Waals surface area contributed by atoms with Crippen LogP contribution in [0.15, 0.2) is 4.52 Å². The Morgan fingerprint density at radius 1 is 1.53 bits per heavy atom. The van der Waals surface area contributed by atoms with Crippen LogP contribution in [0.25, 0.3) is 0 Å². The van der Waals surface area contributed by atoms with Gasteiger partial charge in [0.1, 0.15) is 12.4 Å². The largest absolute Gasteiger partial charge is 0.388 e. The molecule has 92 valence electrons. The van der Waals surface area contributed by atoms with E-state index in [1.165, 1.54) is 0 Å². The summed E-state index contributed by atoms with van der Waals surface area (Å²) in [5.41, 5.74) is 1.79. The van der Waals surface area contributed by atoms with Gasteiger partial charge in [0.25, 0.3) is 0 Å². The summed E-state index contributed by atoms with van der Waals surface area (Å²) < 4.78 is 7.38. The number of aryl methyl sites for hydroxylation is 2. The number of aliphatic hydroxyl groups is 1. The number of aromatic amines is 1. The van der Waals surface area contributed by atoms with Gasteiger partial charge in [-0.05, 0) is 33.0 Å². The van der Waals surface area contributed by atoms with Gasteiger partial charge < -0.3 is 9.63 Å². The molecule has 1 unspecified atom stereocenters. The number of aliphatic hydroxyl groups excluding tert-OH is 1. The fourth-order valence-corrected chi connectivity index (χ4v) is 2.37. The molecule has 0 aliphatic heterocycles. The minimum Gasteiger partial charge on any atom is -0.388 e. The molecule has 2 aromatic heterocycles. The minimum atomic E-state index is -0.166. The summed E-state index contributed by atoms with van der Waals surface area (Å²) in [5.74, 6) is 1.25. The lowest BCUT2D eigenvalue weighted by atomic mass is 10.1. The summed E-state index contributed by atoms with van der Waals surface area (Å²) >= 11 is 5.16. The predicted molar refractivity (Wildman–Crippen MR) is 63.1 cm³/mol. The Morgan fingerprint density at radius 2 is 2.24 bits per heavy atom. The van der Waals surface area contributed by atoms with Gasteiger partial charge in [-0.3, -0.25) is 9.67 Å². The molecule has 2 rings (SSSR count). The molecule has 17 heavy (non-hydrogen) atoms. The van der Waals surface area contributed by atoms with Gasteiger partial charge in [-0.1, -0.05) is 5.16 Å². The monoisotopic (exact) mass is 254 g/mol. The van der Waals surface area contributed by atoms with Crippen molar-refractivity contribution in [2.75, 3.05) is 0 Å². The average Bonchev–Trinajstić information content (AvgIpc) is 2.82. The maximum Gasteiger partial charge on any atom is 0.195 e. The normalized spacial score (nSPS) is 12.9. The third kappa shape index (κ3) is 1.91. The van der Waals surface area contributed by atoms with Crippen LogP contribution < -0.4 is 0 Å². The first-order chi connectivity index (χ1) is 8.06. The van der Waals surface area contributed by atoms with Crippen LogP contribution in [0.1, 0.15) is 35.8 Å². The molecule has 0 aliphatic rings. The summed E-state index contributed by atoms with van der Waals surface area (Å²) in [5, 5.41) is 19.8. The van der Waals surface area contributed by atoms with E-state index >= 15 is 0 Å². The quantitative estimate of drug-likeness (QED) is 0.814. The van der Waals surface area contributed by atoms with Crippen molar-refractivity contribution in [3.8, 4) is 0 Å². The zero-order chi connectivity index (χ0) is 12.6. The summed E-state index contributed by atoms with van der Waals surface area (Å²) in [4.78, 5) is 0. The van der Waals surface area contributed by atoms with Gasteiger partial charge in [-0.15, -0.1) is 0 Å². The first kappa shape index (κ1) is 12.0. The summed E-state index contributed by atoms with van der Waals surface area (Å²) in [6.07, 6.45) is 0. The molecule has 0 amide bonds. The molecule has 0 bridgehead atoms. The standard InChI is InChI=1S/C10H14N4O2S/c1-5-9(7(3)16-13-5)6(2)14-8(4-15)11-12-10(14)17/h6,15H,4H2,1-3H3,(H,12,17). The fourth-order valence-electron chi connectivity index (χ4n) is 2.06. The second-order valence-corrected chi connectivity index (χ2v) is 4.27. The van der Waals surface area contributed by atoms with Crippen molar-refractivity contribution in [1.29, 1.82) is 0 Å². The van der Waals surface area contributed by atoms with E-state index in [1.807, 2.05) is 20.8 Å². The molecule has 0 saturated heterocycles. The first-order valence-corrected chi connectivity index (χ1v) is 5.66. The van der Waals surface area contributed by atoms with Gasteiger partial charge >= 0.3 is 0 Å². The number of H-pyrrole nitrogens is 1. The Bertz CT molecular complexity index is 564. The lowest BCUT2D eigenvalue weighted by molar-refractivity contribution is 0.262. The van der Waals surface area contributed by atoms with E-state index < -0.39 is 0 Å². The van der Waals surface area contributed by atoms with E-state index in [9.17, 15) is 5.11 Å². The Hall–Kier alpha value is -1.47. The molecule has 1 atom stereocenters. The fraction of sp³-hybridized carbons (Fsp3) is 0.500. The maximum absolute atomic E-state index is 9.23. The van der Waals surface area contributed by atoms with E-state index in [0.717, 1.165) is 17.0 Å². The van der Waals surface area contributed by atoms with Crippen molar-refractivity contribution in [2.24, 2.45) is 0 Å². The average molecular weight is 254 g/mol. The molecule has 2 heterocycles. The smallest absolute Gasteiger partial charge is 0.195 e. The highest BCUT2D eigenvalue weighted by Crippen LogP contribution is 2.25. The third-order valence-corrected chi connectivity index (χ3v) is 3.10. The summed E-state index contributed by atoms with van der Waals surface area (Å²) in [7, 11) is 0. The molecule has 0 aliphatic carbocycles. The van der Waals surface area contributed by atoms with Crippen LogP contribution >= 0.6 is 12.2 Å². The topological polar surface area (TPSA) is 79.9 Å². The van der Waals surface area contributed by atoms with Gasteiger partial charge in [0.05, 0.1) is 11.7 Å². The van der Waals surface area contributed by atoms with E-state index in [4.69, 9.17) is 16.7 Å². The van der Waals surface area contributed by atoms with Crippen molar-refractivity contribution < 1.29 is 9.63 Å². The molecular weight excluding hydrogens is 240 g/mol. The zero-order valence-electron chi connectivity index (χ0n) is 9.89. The van der Waals surface area contributed by atoms with Gasteiger partial charge in [0.2, 0.25) is 0 Å². The molecule has 0 spiro atoms. The Morgan fingerprint density at radius 3 is 2.76 bits per heavy atom. The number of rotatable bonds is 3. The van der Waals surface area contributed by atoms with Crippen LogP contribution in [-0.4, -0.2) is 25.0 Å². The predicted octanol–water partition coefficient (Wildman–Crippen LogP) is 1.65. The van der Waals surface area contributed by atoms with Gasteiger partial charge in [0.15, 0.2) is 10.6 Å². The van der Waals surface area contributed by atoms with Crippen LogP contribution in [0.5, 0.6) is 0 Å². The first-order valence-electron chi connectivity index (χ1n) is 5.25. The Balaban J connectivity index is 2.54. The van der Waals surface area contributed by atoms with Crippen LogP contribution in [0.2, 0.25) is 0 Å². The molecule has 6 nitrogen and oxygen atoms in total. The lowest BCUT2D eigenvalue weighted by Gasteiger charge is -2.14. The molecule has 2 aromatic rings. The molecule has 7 heteroatoms. The SMILES string of the molecule is Cc1noc(C)c1C(C)n1c(CO)n[nH]c1=S. The highest BCUT2D eigenvalue weighted by Gasteiger charge is 2.21. The van der Waals surface area contributed by atoms with Gasteiger partial charge in [-0.25, -0.2) is 0 Å². The highest BCUT2D eigenvalue weighted by atomic mass is 32.1. The molecule has 0 fully saturated rings. The molecule has 0 radical (unpaired) electrons. The zero-order valence-corrected chi connectivity index (χ0v) is 10.7. The second kappa shape index (κ2) is 4.42. The van der Waals surface area contributed by atoms with Crippen LogP contribution in [0.4, 0.5) is 0 Å². The van der Waals surface area contributed by atoms with E-state index in [2.05, 4.69) is 15.4 Å². The third-order valence-electron chi connectivity index (χ3n) is 2.81. The Labute approximate surface area is 103 Å². The molecule has 0 saturated carbocycles. The van der Waals surface area contributed by atoms with Crippen molar-refractivity contribution >= 4 is 12.2 Å². The lowest BCUT2D eigenvalue weighted by Crippen LogP contribution is -2.12. The summed E-state index contributed by atoms with van der Waals surface area (Å²) in [6.45, 7) is 5.54.